The van der Waals surface area contributed by atoms with Gasteiger partial charge in [0.15, 0.2) is 0 Å². The first-order valence-electron chi connectivity index (χ1n) is 9.14. The molecule has 0 aliphatic rings. The van der Waals surface area contributed by atoms with E-state index < -0.39 is 0 Å². The number of ether oxygens (including phenoxy) is 1. The normalized spacial score (nSPS) is 10.6. The fraction of sp³-hybridized carbons (Fsp3) is 0.300. The molecule has 0 saturated heterocycles. The fourth-order valence-corrected chi connectivity index (χ4v) is 3.31. The molecule has 0 saturated carbocycles. The first kappa shape index (κ1) is 19.9. The van der Waals surface area contributed by atoms with Crippen molar-refractivity contribution in [3.8, 4) is 11.4 Å². The molecule has 0 unspecified atom stereocenters. The summed E-state index contributed by atoms with van der Waals surface area (Å²) >= 11 is 1.29. The van der Waals surface area contributed by atoms with Gasteiger partial charge in [0.25, 0.3) is 0 Å². The number of benzene rings is 2. The maximum atomic E-state index is 12.2. The second-order valence-corrected chi connectivity index (χ2v) is 7.15. The number of hydrogen-bond acceptors (Lipinski definition) is 6. The molecule has 1 N–H and O–H groups in total. The van der Waals surface area contributed by atoms with Gasteiger partial charge in [-0.05, 0) is 65.2 Å². The van der Waals surface area contributed by atoms with Crippen molar-refractivity contribution in [2.45, 2.75) is 31.3 Å². The minimum Gasteiger partial charge on any atom is -0.497 e. The van der Waals surface area contributed by atoms with Crippen LogP contribution in [0, 0.1) is 0 Å². The molecule has 0 fully saturated rings. The smallest absolute Gasteiger partial charge is 0.234 e. The van der Waals surface area contributed by atoms with Gasteiger partial charge in [0.2, 0.25) is 11.1 Å². The van der Waals surface area contributed by atoms with Crippen LogP contribution in [-0.2, 0) is 11.2 Å². The molecule has 8 heteroatoms. The topological polar surface area (TPSA) is 81.9 Å². The number of tetrazole rings is 1. The van der Waals surface area contributed by atoms with Crippen LogP contribution in [0.2, 0.25) is 0 Å². The van der Waals surface area contributed by atoms with Crippen LogP contribution in [0.4, 0.5) is 5.69 Å². The highest BCUT2D eigenvalue weighted by atomic mass is 32.2. The number of nitrogens with zero attached hydrogens (tertiary/aromatic N) is 4. The molecule has 2 aromatic carbocycles. The van der Waals surface area contributed by atoms with Gasteiger partial charge in [-0.15, -0.1) is 5.10 Å². The third-order valence-corrected chi connectivity index (χ3v) is 5.07. The molecular formula is C20H23N5O2S. The van der Waals surface area contributed by atoms with Gasteiger partial charge in [0.1, 0.15) is 5.75 Å². The van der Waals surface area contributed by atoms with Crippen LogP contribution in [0.25, 0.3) is 5.69 Å². The Morgan fingerprint density at radius 1 is 1.14 bits per heavy atom. The highest BCUT2D eigenvalue weighted by Gasteiger charge is 2.12. The third-order valence-electron chi connectivity index (χ3n) is 4.15. The number of methoxy groups -OCH3 is 1. The lowest BCUT2D eigenvalue weighted by atomic mass is 10.1. The lowest BCUT2D eigenvalue weighted by Gasteiger charge is -2.07. The lowest BCUT2D eigenvalue weighted by molar-refractivity contribution is -0.113. The van der Waals surface area contributed by atoms with E-state index in [1.807, 2.05) is 12.1 Å². The molecule has 146 valence electrons. The summed E-state index contributed by atoms with van der Waals surface area (Å²) in [7, 11) is 1.60. The summed E-state index contributed by atoms with van der Waals surface area (Å²) in [6.07, 6.45) is 3.42. The van der Waals surface area contributed by atoms with Gasteiger partial charge in [-0.2, -0.15) is 4.68 Å². The molecule has 0 bridgehead atoms. The summed E-state index contributed by atoms with van der Waals surface area (Å²) < 4.78 is 6.76. The van der Waals surface area contributed by atoms with Crippen molar-refractivity contribution in [1.82, 2.24) is 20.2 Å². The van der Waals surface area contributed by atoms with E-state index in [1.54, 1.807) is 36.1 Å². The molecule has 0 aliphatic carbocycles. The van der Waals surface area contributed by atoms with Crippen LogP contribution in [0.1, 0.15) is 25.3 Å². The maximum Gasteiger partial charge on any atom is 0.234 e. The van der Waals surface area contributed by atoms with Crippen LogP contribution >= 0.6 is 11.8 Å². The molecule has 1 heterocycles. The van der Waals surface area contributed by atoms with Gasteiger partial charge < -0.3 is 10.1 Å². The summed E-state index contributed by atoms with van der Waals surface area (Å²) in [5, 5.41) is 15.3. The summed E-state index contributed by atoms with van der Waals surface area (Å²) in [5.41, 5.74) is 2.89. The molecule has 0 atom stereocenters. The molecule has 0 spiro atoms. The van der Waals surface area contributed by atoms with Crippen LogP contribution in [-0.4, -0.2) is 39.0 Å². The zero-order valence-electron chi connectivity index (χ0n) is 16.0. The Morgan fingerprint density at radius 3 is 2.57 bits per heavy atom. The highest BCUT2D eigenvalue weighted by Crippen LogP contribution is 2.20. The number of carbonyl (C=O) groups is 1. The number of rotatable bonds is 9. The number of unbranched alkanes of at least 4 members (excludes halogenated alkanes) is 1. The van der Waals surface area contributed by atoms with Crippen LogP contribution in [0.15, 0.2) is 53.7 Å². The Labute approximate surface area is 168 Å². The predicted molar refractivity (Wildman–Crippen MR) is 110 cm³/mol. The van der Waals surface area contributed by atoms with E-state index in [0.717, 1.165) is 17.9 Å². The summed E-state index contributed by atoms with van der Waals surface area (Å²) in [5.74, 6) is 0.827. The number of nitrogens with one attached hydrogen (secondary N) is 1. The van der Waals surface area contributed by atoms with E-state index in [1.165, 1.54) is 30.2 Å². The molecule has 7 nitrogen and oxygen atoms in total. The Balaban J connectivity index is 1.58. The quantitative estimate of drug-likeness (QED) is 0.554. The standard InChI is InChI=1S/C20H23N5O2S/c1-3-4-5-15-6-10-17(11-7-15)25-20(22-23-24-25)28-14-19(26)21-16-8-12-18(27-2)13-9-16/h6-13H,3-5,14H2,1-2H3,(H,21,26). The van der Waals surface area contributed by atoms with E-state index in [-0.39, 0.29) is 11.7 Å². The number of hydrogen-bond donors (Lipinski definition) is 1. The zero-order valence-corrected chi connectivity index (χ0v) is 16.8. The van der Waals surface area contributed by atoms with Crippen molar-refractivity contribution < 1.29 is 9.53 Å². The zero-order chi connectivity index (χ0) is 19.8. The van der Waals surface area contributed by atoms with E-state index in [9.17, 15) is 4.79 Å². The van der Waals surface area contributed by atoms with Crippen LogP contribution in [0.3, 0.4) is 0 Å². The summed E-state index contributed by atoms with van der Waals surface area (Å²) in [6.45, 7) is 2.18. The Bertz CT molecular complexity index is 894. The third kappa shape index (κ3) is 5.32. The fourth-order valence-electron chi connectivity index (χ4n) is 2.62. The molecule has 0 radical (unpaired) electrons. The number of aryl methyl sites for hydroxylation is 1. The molecule has 1 amide bonds. The van der Waals surface area contributed by atoms with E-state index in [2.05, 4.69) is 39.9 Å². The van der Waals surface area contributed by atoms with E-state index >= 15 is 0 Å². The van der Waals surface area contributed by atoms with Gasteiger partial charge in [-0.3, -0.25) is 4.79 Å². The molecular weight excluding hydrogens is 374 g/mol. The van der Waals surface area contributed by atoms with Crippen molar-refractivity contribution in [2.75, 3.05) is 18.2 Å². The number of carbonyl (C=O) groups excluding carboxylic acids is 1. The molecule has 28 heavy (non-hydrogen) atoms. The van der Waals surface area contributed by atoms with Gasteiger partial charge in [-0.25, -0.2) is 0 Å². The summed E-state index contributed by atoms with van der Waals surface area (Å²) in [4.78, 5) is 12.2. The van der Waals surface area contributed by atoms with Crippen LogP contribution in [0.5, 0.6) is 5.75 Å². The number of amides is 1. The first-order valence-corrected chi connectivity index (χ1v) is 10.1. The molecule has 3 aromatic rings. The van der Waals surface area contributed by atoms with Crippen molar-refractivity contribution >= 4 is 23.4 Å². The average Bonchev–Trinajstić information content (AvgIpc) is 3.20. The maximum absolute atomic E-state index is 12.2. The average molecular weight is 398 g/mol. The van der Waals surface area contributed by atoms with Gasteiger partial charge in [-0.1, -0.05) is 37.2 Å². The van der Waals surface area contributed by atoms with E-state index in [4.69, 9.17) is 4.74 Å². The van der Waals surface area contributed by atoms with Crippen molar-refractivity contribution in [3.63, 3.8) is 0 Å². The highest BCUT2D eigenvalue weighted by molar-refractivity contribution is 7.99. The Morgan fingerprint density at radius 2 is 1.89 bits per heavy atom. The minimum atomic E-state index is -0.125. The molecule has 1 aromatic heterocycles. The van der Waals surface area contributed by atoms with E-state index in [0.29, 0.717) is 10.8 Å². The second-order valence-electron chi connectivity index (χ2n) is 6.21. The number of thioether (sulfide) groups is 1. The van der Waals surface area contributed by atoms with Crippen molar-refractivity contribution in [3.05, 3.63) is 54.1 Å². The monoisotopic (exact) mass is 397 g/mol. The first-order chi connectivity index (χ1) is 13.7. The lowest BCUT2D eigenvalue weighted by Crippen LogP contribution is -2.14. The number of aromatic nitrogens is 4. The second kappa shape index (κ2) is 9.89. The Kier molecular flexibility index (Phi) is 7.02. The van der Waals surface area contributed by atoms with Gasteiger partial charge in [0, 0.05) is 5.69 Å². The number of anilines is 1. The predicted octanol–water partition coefficient (Wildman–Crippen LogP) is 3.74. The van der Waals surface area contributed by atoms with Gasteiger partial charge in [0.05, 0.1) is 18.6 Å². The molecule has 0 aliphatic heterocycles. The largest absolute Gasteiger partial charge is 0.497 e. The van der Waals surface area contributed by atoms with Crippen LogP contribution < -0.4 is 10.1 Å². The minimum absolute atomic E-state index is 0.125. The van der Waals surface area contributed by atoms with Crippen molar-refractivity contribution in [2.24, 2.45) is 0 Å². The molecule has 3 rings (SSSR count). The summed E-state index contributed by atoms with van der Waals surface area (Å²) in [6, 6.07) is 15.4. The Hall–Kier alpha value is -2.87. The van der Waals surface area contributed by atoms with Crippen molar-refractivity contribution in [1.29, 1.82) is 0 Å². The SMILES string of the molecule is CCCCc1ccc(-n2nnnc2SCC(=O)Nc2ccc(OC)cc2)cc1. The van der Waals surface area contributed by atoms with Gasteiger partial charge >= 0.3 is 0 Å².